The maximum absolute atomic E-state index is 12.2. The highest BCUT2D eigenvalue weighted by Gasteiger charge is 2.28. The normalized spacial score (nSPS) is 26.9. The minimum atomic E-state index is 0.305. The van der Waals surface area contributed by atoms with Crippen molar-refractivity contribution in [2.75, 3.05) is 18.1 Å². The number of hydrogen-bond acceptors (Lipinski definition) is 3. The van der Waals surface area contributed by atoms with E-state index in [1.807, 2.05) is 0 Å². The third kappa shape index (κ3) is 4.51. The highest BCUT2D eigenvalue weighted by atomic mass is 32.2. The zero-order chi connectivity index (χ0) is 12.8. The lowest BCUT2D eigenvalue weighted by Crippen LogP contribution is -2.48. The summed E-state index contributed by atoms with van der Waals surface area (Å²) >= 11 is 1.72. The Morgan fingerprint density at radius 3 is 2.53 bits per heavy atom. The van der Waals surface area contributed by atoms with Crippen LogP contribution in [0, 0.1) is 5.92 Å². The molecule has 1 heterocycles. The Bertz CT molecular complexity index is 238. The Balaban J connectivity index is 2.35. The molecule has 17 heavy (non-hydrogen) atoms. The minimum absolute atomic E-state index is 0.305. The molecule has 0 aromatic rings. The molecule has 100 valence electrons. The fraction of sp³-hybridized carbons (Fsp3) is 0.923. The van der Waals surface area contributed by atoms with E-state index in [1.165, 1.54) is 6.42 Å². The van der Waals surface area contributed by atoms with Crippen LogP contribution in [-0.2, 0) is 4.79 Å². The number of hydrogen-bond donors (Lipinski definition) is 1. The number of likely N-dealkylation sites (tertiary alicyclic amines) is 1. The molecule has 1 saturated heterocycles. The van der Waals surface area contributed by atoms with E-state index < -0.39 is 0 Å². The monoisotopic (exact) mass is 258 g/mol. The summed E-state index contributed by atoms with van der Waals surface area (Å²) in [4.78, 5) is 14.2. The van der Waals surface area contributed by atoms with Crippen molar-refractivity contribution >= 4 is 17.7 Å². The summed E-state index contributed by atoms with van der Waals surface area (Å²) in [5.74, 6) is 2.40. The van der Waals surface area contributed by atoms with Gasteiger partial charge in [0, 0.05) is 12.1 Å². The smallest absolute Gasteiger partial charge is 0.233 e. The number of rotatable bonds is 5. The van der Waals surface area contributed by atoms with Crippen LogP contribution in [0.4, 0.5) is 0 Å². The number of carbonyl (C=O) groups excluding carboxylic acids is 1. The van der Waals surface area contributed by atoms with Gasteiger partial charge in [0.2, 0.25) is 5.91 Å². The van der Waals surface area contributed by atoms with Crippen molar-refractivity contribution in [1.82, 2.24) is 4.90 Å². The maximum Gasteiger partial charge on any atom is 0.233 e. The van der Waals surface area contributed by atoms with Gasteiger partial charge in [-0.2, -0.15) is 11.8 Å². The van der Waals surface area contributed by atoms with E-state index in [1.54, 1.807) is 11.8 Å². The summed E-state index contributed by atoms with van der Waals surface area (Å²) in [6, 6.07) is 0.831. The van der Waals surface area contributed by atoms with Crippen molar-refractivity contribution in [2.24, 2.45) is 11.7 Å². The molecule has 0 bridgehead atoms. The van der Waals surface area contributed by atoms with Crippen LogP contribution in [0.25, 0.3) is 0 Å². The fourth-order valence-electron chi connectivity index (χ4n) is 2.40. The van der Waals surface area contributed by atoms with Crippen LogP contribution >= 0.6 is 11.8 Å². The number of amides is 1. The molecule has 3 atom stereocenters. The van der Waals surface area contributed by atoms with Crippen LogP contribution in [0.5, 0.6) is 0 Å². The van der Waals surface area contributed by atoms with E-state index >= 15 is 0 Å². The van der Waals surface area contributed by atoms with Crippen molar-refractivity contribution < 1.29 is 4.79 Å². The predicted molar refractivity (Wildman–Crippen MR) is 75.2 cm³/mol. The lowest BCUT2D eigenvalue weighted by atomic mass is 9.98. The molecule has 0 aromatic carbocycles. The zero-order valence-corrected chi connectivity index (χ0v) is 12.1. The van der Waals surface area contributed by atoms with Gasteiger partial charge in [0.15, 0.2) is 0 Å². The topological polar surface area (TPSA) is 46.3 Å². The summed E-state index contributed by atoms with van der Waals surface area (Å²) in [5.41, 5.74) is 5.57. The first-order valence-corrected chi connectivity index (χ1v) is 7.80. The molecular formula is C13H26N2OS. The quantitative estimate of drug-likeness (QED) is 0.821. The molecule has 1 aliphatic rings. The number of nitrogens with two attached hydrogens (primary N) is 1. The second-order valence-corrected chi connectivity index (χ2v) is 6.32. The van der Waals surface area contributed by atoms with Crippen LogP contribution in [0.2, 0.25) is 0 Å². The van der Waals surface area contributed by atoms with Crippen LogP contribution < -0.4 is 5.73 Å². The van der Waals surface area contributed by atoms with Crippen LogP contribution in [0.1, 0.15) is 40.0 Å². The van der Waals surface area contributed by atoms with Crippen molar-refractivity contribution in [1.29, 1.82) is 0 Å². The van der Waals surface area contributed by atoms with E-state index in [2.05, 4.69) is 25.7 Å². The molecule has 0 radical (unpaired) electrons. The van der Waals surface area contributed by atoms with E-state index in [-0.39, 0.29) is 0 Å². The predicted octanol–water partition coefficient (Wildman–Crippen LogP) is 2.10. The third-order valence-corrected chi connectivity index (χ3v) is 4.77. The maximum atomic E-state index is 12.2. The van der Waals surface area contributed by atoms with Crippen molar-refractivity contribution in [3.63, 3.8) is 0 Å². The molecule has 0 saturated carbocycles. The second-order valence-electron chi connectivity index (χ2n) is 5.29. The number of nitrogens with zero attached hydrogens (tertiary/aromatic N) is 1. The first-order valence-electron chi connectivity index (χ1n) is 6.65. The number of carbonyl (C=O) groups is 1. The molecule has 0 aromatic heterocycles. The summed E-state index contributed by atoms with van der Waals surface area (Å²) in [6.07, 6.45) is 3.56. The Hall–Kier alpha value is -0.220. The van der Waals surface area contributed by atoms with Crippen molar-refractivity contribution in [2.45, 2.75) is 52.1 Å². The first-order chi connectivity index (χ1) is 8.06. The van der Waals surface area contributed by atoms with E-state index in [9.17, 15) is 4.79 Å². The van der Waals surface area contributed by atoms with Gasteiger partial charge >= 0.3 is 0 Å². The molecule has 4 heteroatoms. The van der Waals surface area contributed by atoms with Crippen LogP contribution in [-0.4, -0.2) is 40.9 Å². The molecule has 0 aliphatic carbocycles. The zero-order valence-electron chi connectivity index (χ0n) is 11.3. The summed E-state index contributed by atoms with van der Waals surface area (Å²) in [7, 11) is 0. The molecule has 0 spiro atoms. The second kappa shape index (κ2) is 7.27. The number of piperidine rings is 1. The van der Waals surface area contributed by atoms with Crippen molar-refractivity contribution in [3.05, 3.63) is 0 Å². The Labute approximate surface area is 109 Å². The lowest BCUT2D eigenvalue weighted by Gasteiger charge is -2.39. The summed E-state index contributed by atoms with van der Waals surface area (Å²) < 4.78 is 0. The lowest BCUT2D eigenvalue weighted by molar-refractivity contribution is -0.134. The molecule has 1 fully saturated rings. The van der Waals surface area contributed by atoms with Gasteiger partial charge < -0.3 is 10.6 Å². The van der Waals surface area contributed by atoms with Crippen molar-refractivity contribution in [3.8, 4) is 0 Å². The van der Waals surface area contributed by atoms with Crippen LogP contribution in [0.15, 0.2) is 0 Å². The molecule has 2 N–H and O–H groups in total. The fourth-order valence-corrected chi connectivity index (χ4v) is 3.38. The van der Waals surface area contributed by atoms with Crippen LogP contribution in [0.3, 0.4) is 0 Å². The van der Waals surface area contributed by atoms with Gasteiger partial charge in [0.1, 0.15) is 0 Å². The Kier molecular flexibility index (Phi) is 6.34. The highest BCUT2D eigenvalue weighted by Crippen LogP contribution is 2.23. The molecule has 1 rings (SSSR count). The Morgan fingerprint density at radius 2 is 2.00 bits per heavy atom. The summed E-state index contributed by atoms with van der Waals surface area (Å²) in [6.45, 7) is 7.17. The Morgan fingerprint density at radius 1 is 1.41 bits per heavy atom. The van der Waals surface area contributed by atoms with Gasteiger partial charge in [-0.3, -0.25) is 4.79 Å². The molecule has 3 unspecified atom stereocenters. The highest BCUT2D eigenvalue weighted by molar-refractivity contribution is 7.99. The largest absolute Gasteiger partial charge is 0.337 e. The van der Waals surface area contributed by atoms with E-state index in [4.69, 9.17) is 5.73 Å². The standard InChI is InChI=1S/C13H26N2OS/c1-10(7-14)8-17-9-13(16)15-11(2)5-4-6-12(15)3/h10-12H,4-9,14H2,1-3H3. The van der Waals surface area contributed by atoms with Gasteiger partial charge in [-0.1, -0.05) is 6.92 Å². The molecule has 1 aliphatic heterocycles. The van der Waals surface area contributed by atoms with E-state index in [0.29, 0.717) is 36.2 Å². The molecule has 3 nitrogen and oxygen atoms in total. The average Bonchev–Trinajstić information content (AvgIpc) is 2.28. The summed E-state index contributed by atoms with van der Waals surface area (Å²) in [5, 5.41) is 0. The van der Waals surface area contributed by atoms with Gasteiger partial charge in [-0.15, -0.1) is 0 Å². The van der Waals surface area contributed by atoms with Gasteiger partial charge in [-0.05, 0) is 51.3 Å². The van der Waals surface area contributed by atoms with Gasteiger partial charge in [0.05, 0.1) is 5.75 Å². The molecule has 1 amide bonds. The third-order valence-electron chi connectivity index (χ3n) is 3.51. The van der Waals surface area contributed by atoms with Gasteiger partial charge in [0.25, 0.3) is 0 Å². The number of thioether (sulfide) groups is 1. The first kappa shape index (κ1) is 14.8. The van der Waals surface area contributed by atoms with Gasteiger partial charge in [-0.25, -0.2) is 0 Å². The SMILES string of the molecule is CC(CN)CSCC(=O)N1C(C)CCCC1C. The average molecular weight is 258 g/mol. The molecular weight excluding hydrogens is 232 g/mol. The van der Waals surface area contributed by atoms with E-state index in [0.717, 1.165) is 18.6 Å². The minimum Gasteiger partial charge on any atom is -0.337 e.